The zero-order chi connectivity index (χ0) is 16.6. The van der Waals surface area contributed by atoms with Gasteiger partial charge in [-0.3, -0.25) is 0 Å². The van der Waals surface area contributed by atoms with Crippen LogP contribution in [0.3, 0.4) is 0 Å². The highest BCUT2D eigenvalue weighted by atomic mass is 32.2. The molecule has 5 heteroatoms. The van der Waals surface area contributed by atoms with E-state index >= 15 is 0 Å². The predicted octanol–water partition coefficient (Wildman–Crippen LogP) is 3.70. The second-order valence-corrected chi connectivity index (χ2v) is 6.98. The first kappa shape index (κ1) is 15.1. The summed E-state index contributed by atoms with van der Waals surface area (Å²) in [5, 5.41) is 9.73. The Morgan fingerprint density at radius 1 is 1.22 bits per heavy atom. The molecule has 114 valence electrons. The lowest BCUT2D eigenvalue weighted by Crippen LogP contribution is -2.13. The molecule has 0 atom stereocenters. The quantitative estimate of drug-likeness (QED) is 0.738. The number of benzene rings is 2. The van der Waals surface area contributed by atoms with Gasteiger partial charge in [0.05, 0.1) is 22.0 Å². The van der Waals surface area contributed by atoms with Gasteiger partial charge in [0.2, 0.25) is 0 Å². The van der Waals surface area contributed by atoms with Crippen molar-refractivity contribution >= 4 is 27.0 Å². The van der Waals surface area contributed by atoms with Crippen LogP contribution in [-0.2, 0) is 10.0 Å². The molecule has 4 nitrogen and oxygen atoms in total. The molecule has 3 aromatic rings. The van der Waals surface area contributed by atoms with Gasteiger partial charge in [-0.25, -0.2) is 12.4 Å². The van der Waals surface area contributed by atoms with Crippen LogP contribution in [0.2, 0.25) is 0 Å². The number of hydrogen-bond donors (Lipinski definition) is 0. The van der Waals surface area contributed by atoms with Crippen LogP contribution in [0.1, 0.15) is 16.7 Å². The number of nitriles is 1. The predicted molar refractivity (Wildman–Crippen MR) is 90.5 cm³/mol. The Labute approximate surface area is 135 Å². The van der Waals surface area contributed by atoms with Gasteiger partial charge in [-0.05, 0) is 36.8 Å². The highest BCUT2D eigenvalue weighted by molar-refractivity contribution is 7.90. The van der Waals surface area contributed by atoms with Crippen molar-refractivity contribution in [1.82, 2.24) is 3.97 Å². The van der Waals surface area contributed by atoms with Crippen LogP contribution in [0.25, 0.3) is 17.0 Å². The van der Waals surface area contributed by atoms with E-state index in [1.807, 2.05) is 0 Å². The van der Waals surface area contributed by atoms with Crippen molar-refractivity contribution in [2.75, 3.05) is 0 Å². The first-order valence-corrected chi connectivity index (χ1v) is 8.42. The largest absolute Gasteiger partial charge is 0.268 e. The molecule has 0 fully saturated rings. The highest BCUT2D eigenvalue weighted by Gasteiger charge is 2.22. The molecule has 0 saturated carbocycles. The third-order valence-corrected chi connectivity index (χ3v) is 5.61. The number of fused-ring (bicyclic) bond motifs is 1. The molecule has 0 spiro atoms. The van der Waals surface area contributed by atoms with E-state index < -0.39 is 10.0 Å². The molecule has 0 saturated heterocycles. The van der Waals surface area contributed by atoms with Gasteiger partial charge < -0.3 is 0 Å². The van der Waals surface area contributed by atoms with E-state index in [4.69, 9.17) is 5.26 Å². The third kappa shape index (κ3) is 2.33. The Bertz CT molecular complexity index is 1070. The van der Waals surface area contributed by atoms with Crippen LogP contribution in [0.15, 0.2) is 60.1 Å². The maximum absolute atomic E-state index is 13.0. The maximum Gasteiger partial charge on any atom is 0.268 e. The fraction of sp³-hybridized carbons (Fsp3) is 0.0556. The molecule has 0 unspecified atom stereocenters. The molecule has 1 heterocycles. The second-order valence-electron chi connectivity index (χ2n) is 5.20. The van der Waals surface area contributed by atoms with Crippen molar-refractivity contribution in [1.29, 1.82) is 5.26 Å². The summed E-state index contributed by atoms with van der Waals surface area (Å²) in [6.45, 7) is 5.50. The minimum atomic E-state index is -3.72. The van der Waals surface area contributed by atoms with Gasteiger partial charge in [0.25, 0.3) is 10.0 Å². The fourth-order valence-corrected chi connectivity index (χ4v) is 4.22. The van der Waals surface area contributed by atoms with Crippen LogP contribution >= 0.6 is 0 Å². The molecule has 3 rings (SSSR count). The van der Waals surface area contributed by atoms with E-state index in [0.29, 0.717) is 27.6 Å². The van der Waals surface area contributed by atoms with Crippen molar-refractivity contribution in [3.8, 4) is 6.07 Å². The Kier molecular flexibility index (Phi) is 3.55. The Morgan fingerprint density at radius 2 is 1.96 bits per heavy atom. The molecule has 0 amide bonds. The lowest BCUT2D eigenvalue weighted by atomic mass is 10.1. The van der Waals surface area contributed by atoms with E-state index in [0.717, 1.165) is 0 Å². The van der Waals surface area contributed by atoms with E-state index in [1.54, 1.807) is 61.7 Å². The zero-order valence-electron chi connectivity index (χ0n) is 12.5. The second kappa shape index (κ2) is 5.41. The minimum absolute atomic E-state index is 0.261. The molecule has 23 heavy (non-hydrogen) atoms. The van der Waals surface area contributed by atoms with Crippen molar-refractivity contribution in [2.45, 2.75) is 11.8 Å². The lowest BCUT2D eigenvalue weighted by molar-refractivity contribution is 0.588. The van der Waals surface area contributed by atoms with Crippen LogP contribution in [0.4, 0.5) is 0 Å². The molecule has 2 aromatic carbocycles. The van der Waals surface area contributed by atoms with Gasteiger partial charge >= 0.3 is 0 Å². The van der Waals surface area contributed by atoms with Gasteiger partial charge in [-0.15, -0.1) is 0 Å². The molecular formula is C18H14N2O2S. The number of nitrogens with zero attached hydrogens (tertiary/aromatic N) is 2. The number of rotatable bonds is 3. The molecule has 0 aliphatic heterocycles. The third-order valence-electron chi connectivity index (χ3n) is 3.78. The summed E-state index contributed by atoms with van der Waals surface area (Å²) in [6, 6.07) is 13.9. The molecule has 0 N–H and O–H groups in total. The zero-order valence-corrected chi connectivity index (χ0v) is 13.3. The van der Waals surface area contributed by atoms with Crippen LogP contribution in [0, 0.1) is 18.3 Å². The van der Waals surface area contributed by atoms with E-state index in [-0.39, 0.29) is 4.90 Å². The van der Waals surface area contributed by atoms with E-state index in [2.05, 4.69) is 12.6 Å². The number of aromatic nitrogens is 1. The maximum atomic E-state index is 13.0. The normalized spacial score (nSPS) is 11.3. The highest BCUT2D eigenvalue weighted by Crippen LogP contribution is 2.28. The lowest BCUT2D eigenvalue weighted by Gasteiger charge is -2.09. The first-order chi connectivity index (χ1) is 11.0. The molecular weight excluding hydrogens is 308 g/mol. The number of hydrogen-bond acceptors (Lipinski definition) is 3. The van der Waals surface area contributed by atoms with Crippen LogP contribution in [0.5, 0.6) is 0 Å². The molecule has 0 radical (unpaired) electrons. The molecule has 0 bridgehead atoms. The summed E-state index contributed by atoms with van der Waals surface area (Å²) in [7, 11) is -3.72. The SMILES string of the molecule is C=Cc1cn(S(=O)(=O)c2ccccc2C)c2ccc(C#N)cc12. The van der Waals surface area contributed by atoms with Crippen LogP contribution < -0.4 is 0 Å². The summed E-state index contributed by atoms with van der Waals surface area (Å²) in [5.74, 6) is 0. The topological polar surface area (TPSA) is 62.9 Å². The summed E-state index contributed by atoms with van der Waals surface area (Å²) in [6.07, 6.45) is 3.13. The minimum Gasteiger partial charge on any atom is -0.241 e. The van der Waals surface area contributed by atoms with E-state index in [9.17, 15) is 8.42 Å². The van der Waals surface area contributed by atoms with Crippen LogP contribution in [-0.4, -0.2) is 12.4 Å². The molecule has 0 aliphatic carbocycles. The van der Waals surface area contributed by atoms with Gasteiger partial charge in [0.15, 0.2) is 0 Å². The van der Waals surface area contributed by atoms with Crippen molar-refractivity contribution in [2.24, 2.45) is 0 Å². The Hall–Kier alpha value is -2.84. The van der Waals surface area contributed by atoms with Gasteiger partial charge in [-0.2, -0.15) is 5.26 Å². The van der Waals surface area contributed by atoms with Crippen molar-refractivity contribution in [3.05, 3.63) is 71.9 Å². The monoisotopic (exact) mass is 322 g/mol. The van der Waals surface area contributed by atoms with Crippen molar-refractivity contribution in [3.63, 3.8) is 0 Å². The molecule has 0 aliphatic rings. The van der Waals surface area contributed by atoms with E-state index in [1.165, 1.54) is 3.97 Å². The summed E-state index contributed by atoms with van der Waals surface area (Å²) < 4.78 is 27.3. The summed E-state index contributed by atoms with van der Waals surface area (Å²) in [4.78, 5) is 0.261. The Balaban J connectivity index is 2.35. The van der Waals surface area contributed by atoms with Gasteiger partial charge in [-0.1, -0.05) is 30.9 Å². The van der Waals surface area contributed by atoms with Gasteiger partial charge in [0.1, 0.15) is 0 Å². The average Bonchev–Trinajstić information content (AvgIpc) is 2.93. The molecule has 1 aromatic heterocycles. The summed E-state index contributed by atoms with van der Waals surface area (Å²) in [5.41, 5.74) is 2.37. The van der Waals surface area contributed by atoms with Gasteiger partial charge in [0, 0.05) is 17.1 Å². The smallest absolute Gasteiger partial charge is 0.241 e. The number of aryl methyl sites for hydroxylation is 1. The standard InChI is InChI=1S/C18H14N2O2S/c1-3-15-12-20(17-9-8-14(11-19)10-16(15)17)23(21,22)18-7-5-4-6-13(18)2/h3-10,12H,1H2,2H3. The fourth-order valence-electron chi connectivity index (χ4n) is 2.61. The Morgan fingerprint density at radius 3 is 2.61 bits per heavy atom. The van der Waals surface area contributed by atoms with Crippen molar-refractivity contribution < 1.29 is 8.42 Å². The average molecular weight is 322 g/mol. The summed E-state index contributed by atoms with van der Waals surface area (Å²) >= 11 is 0. The first-order valence-electron chi connectivity index (χ1n) is 6.98.